The summed E-state index contributed by atoms with van der Waals surface area (Å²) in [7, 11) is 0. The Bertz CT molecular complexity index is 4370. The van der Waals surface area contributed by atoms with Crippen molar-refractivity contribution in [2.24, 2.45) is 11.7 Å². The predicted octanol–water partition coefficient (Wildman–Crippen LogP) is 2.66. The number of anilines is 2. The molecule has 1 aromatic heterocycles. The maximum atomic E-state index is 15.4. The number of urea groups is 2. The van der Waals surface area contributed by atoms with E-state index in [-0.39, 0.29) is 80.7 Å². The number of imide groups is 1. The molecule has 2 fully saturated rings. The van der Waals surface area contributed by atoms with E-state index in [0.29, 0.717) is 71.6 Å². The SMILES string of the molecule is CCNC(=O)[C@@H]1CCCN1C(=O)[C@H](CCCCNC(C)C)NC(=O)[C@H](CC(C)C)NC(=O)[C@@H](Cc1ccc(NC(N)=O)cc1)NC(=O)[C@H](Cc1ccc(NC(=O)[C@@H]2CC(=O)NC(=O)N2)cc1)NC(=O)[C@H](CO)NC(=O)[C@@H](Cc1cccnc1)NC(=O)[C@@H](Cc1ccc(Cl)cc1)NC(=O)[C@@H](Cc1ccc2ccccc2c1)NC(C)=O. The van der Waals surface area contributed by atoms with E-state index in [0.717, 1.165) is 10.8 Å². The summed E-state index contributed by atoms with van der Waals surface area (Å²) in [6.07, 6.45) is 3.68. The van der Waals surface area contributed by atoms with Crippen molar-refractivity contribution in [1.29, 1.82) is 0 Å². The first-order valence-corrected chi connectivity index (χ1v) is 38.5. The van der Waals surface area contributed by atoms with Gasteiger partial charge in [0.2, 0.25) is 70.9 Å². The molecule has 5 aromatic carbocycles. The number of unbranched alkanes of at least 4 members (excludes halogenated alkanes) is 1. The zero-order valence-corrected chi connectivity index (χ0v) is 65.3. The van der Waals surface area contributed by atoms with Crippen LogP contribution in [0.25, 0.3) is 10.8 Å². The van der Waals surface area contributed by atoms with Gasteiger partial charge in [0.25, 0.3) is 0 Å². The number of nitrogens with one attached hydrogen (secondary N) is 14. The summed E-state index contributed by atoms with van der Waals surface area (Å²) in [5.41, 5.74) is 8.20. The number of carbonyl (C=O) groups is 14. The van der Waals surface area contributed by atoms with Crippen LogP contribution in [0.4, 0.5) is 21.0 Å². The van der Waals surface area contributed by atoms with Crippen molar-refractivity contribution in [2.75, 3.05) is 36.9 Å². The normalized spacial score (nSPS) is 16.0. The first kappa shape index (κ1) is 87.7. The first-order chi connectivity index (χ1) is 54.5. The van der Waals surface area contributed by atoms with Gasteiger partial charge in [-0.1, -0.05) is 124 Å². The van der Waals surface area contributed by atoms with Gasteiger partial charge in [0.15, 0.2) is 0 Å². The average molecular weight is 1590 g/mol. The zero-order valence-electron chi connectivity index (χ0n) is 64.5. The molecule has 32 nitrogen and oxygen atoms in total. The fourth-order valence-corrected chi connectivity index (χ4v) is 13.4. The van der Waals surface area contributed by atoms with E-state index in [1.807, 2.05) is 70.2 Å². The van der Waals surface area contributed by atoms with Gasteiger partial charge in [-0.3, -0.25) is 67.8 Å². The third-order valence-electron chi connectivity index (χ3n) is 19.0. The third-order valence-corrected chi connectivity index (χ3v) is 19.3. The van der Waals surface area contributed by atoms with Gasteiger partial charge >= 0.3 is 12.1 Å². The fraction of sp³-hybridized carbons (Fsp3) is 0.420. The number of pyridine rings is 1. The number of amides is 16. The molecular formula is C81H102ClN17O15. The van der Waals surface area contributed by atoms with E-state index >= 15 is 9.59 Å². The number of likely N-dealkylation sites (N-methyl/N-ethyl adjacent to an activating group) is 1. The highest BCUT2D eigenvalue weighted by Gasteiger charge is 2.40. The van der Waals surface area contributed by atoms with E-state index in [2.05, 4.69) is 79.4 Å². The smallest absolute Gasteiger partial charge is 0.322 e. The monoisotopic (exact) mass is 1590 g/mol. The van der Waals surface area contributed by atoms with E-state index < -0.39 is 150 Å². The molecule has 0 bridgehead atoms. The molecule has 3 heterocycles. The maximum Gasteiger partial charge on any atom is 0.322 e. The molecule has 608 valence electrons. The molecule has 8 rings (SSSR count). The highest BCUT2D eigenvalue weighted by Crippen LogP contribution is 2.23. The highest BCUT2D eigenvalue weighted by atomic mass is 35.5. The maximum absolute atomic E-state index is 15.4. The summed E-state index contributed by atoms with van der Waals surface area (Å²) in [6.45, 7) is 10.7. The van der Waals surface area contributed by atoms with Crippen LogP contribution in [0.15, 0.2) is 140 Å². The summed E-state index contributed by atoms with van der Waals surface area (Å²) < 4.78 is 0. The minimum atomic E-state index is -1.90. The molecule has 17 N–H and O–H groups in total. The Labute approximate surface area is 665 Å². The van der Waals surface area contributed by atoms with Gasteiger partial charge in [-0.25, -0.2) is 9.59 Å². The Morgan fingerprint density at radius 3 is 1.57 bits per heavy atom. The molecule has 0 saturated carbocycles. The lowest BCUT2D eigenvalue weighted by atomic mass is 9.99. The standard InChI is InChI=1S/C81H102ClN17O15/c1-7-85-78(111)68-18-13-35-99(68)79(112)59(17-10-11-34-86-47(4)5)90-71(104)60(36-46(2)3)91-73(106)63(39-51-24-31-58(32-25-51)89-80(83)113)93-75(108)64(40-50-22-29-57(30-23-50)88-70(103)66-43-69(102)98-81(114)97-66)95-77(110)67(45-100)96-76(109)65(42-53-14-12-33-84-44-53)94-74(107)62(38-49-20-27-56(82)28-21-49)92-72(105)61(87-48(6)101)41-52-19-26-54-15-8-9-16-55(54)37-52/h8-9,12,14-16,19-33,37,44,46-47,59-68,86,100H,7,10-11,13,17-18,34-36,38-43,45H2,1-6H3,(H,85,111)(H,87,101)(H,88,103)(H,90,104)(H,91,106)(H,92,105)(H,93,108)(H,94,107)(H,95,110)(H,96,109)(H3,83,89,113)(H2,97,98,102,114)/t59-,60-,61+,62+,63+,64-,65+,66-,67-,68-/m0/s1. The number of aliphatic hydroxyl groups excluding tert-OH is 1. The van der Waals surface area contributed by atoms with E-state index in [9.17, 15) is 62.6 Å². The molecule has 2 saturated heterocycles. The van der Waals surface area contributed by atoms with E-state index in [4.69, 9.17) is 17.3 Å². The van der Waals surface area contributed by atoms with Crippen molar-refractivity contribution >= 4 is 117 Å². The molecule has 6 aromatic rings. The number of halogens is 1. The minimum absolute atomic E-state index is 0.0124. The number of nitrogens with two attached hydrogens (primary N) is 1. The quantitative estimate of drug-likeness (QED) is 0.0246. The first-order valence-electron chi connectivity index (χ1n) is 38.1. The molecule has 0 unspecified atom stereocenters. The van der Waals surface area contributed by atoms with Crippen LogP contribution in [-0.2, 0) is 89.6 Å². The number of hydrogen-bond donors (Lipinski definition) is 16. The number of primary amides is 1. The van der Waals surface area contributed by atoms with E-state index in [1.54, 1.807) is 43.3 Å². The molecule has 0 radical (unpaired) electrons. The summed E-state index contributed by atoms with van der Waals surface area (Å²) in [4.78, 5) is 201. The van der Waals surface area contributed by atoms with Crippen molar-refractivity contribution in [1.82, 2.24) is 73.7 Å². The van der Waals surface area contributed by atoms with Crippen LogP contribution < -0.4 is 80.2 Å². The number of benzene rings is 5. The number of nitrogens with zero attached hydrogens (tertiary/aromatic N) is 2. The molecule has 114 heavy (non-hydrogen) atoms. The molecule has 2 aliphatic rings. The lowest BCUT2D eigenvalue weighted by Gasteiger charge is -2.31. The zero-order chi connectivity index (χ0) is 82.5. The molecule has 0 spiro atoms. The molecular weight excluding hydrogens is 1490 g/mol. The van der Waals surface area contributed by atoms with Crippen molar-refractivity contribution in [3.63, 3.8) is 0 Å². The van der Waals surface area contributed by atoms with Crippen LogP contribution in [0.5, 0.6) is 0 Å². The molecule has 0 aliphatic carbocycles. The Morgan fingerprint density at radius 1 is 0.561 bits per heavy atom. The Hall–Kier alpha value is -11.9. The van der Waals surface area contributed by atoms with Crippen molar-refractivity contribution < 1.29 is 72.2 Å². The molecule has 2 aliphatic heterocycles. The van der Waals surface area contributed by atoms with Crippen LogP contribution in [-0.4, -0.2) is 191 Å². The average Bonchev–Trinajstić information content (AvgIpc) is 1.42. The number of aliphatic hydroxyl groups is 1. The summed E-state index contributed by atoms with van der Waals surface area (Å²) in [5, 5.41) is 50.8. The van der Waals surface area contributed by atoms with Gasteiger partial charge < -0.3 is 84.9 Å². The Morgan fingerprint density at radius 2 is 1.05 bits per heavy atom. The lowest BCUT2D eigenvalue weighted by Crippen LogP contribution is -2.62. The summed E-state index contributed by atoms with van der Waals surface area (Å²) in [5.74, 6) is -9.55. The van der Waals surface area contributed by atoms with Gasteiger partial charge in [0.05, 0.1) is 13.0 Å². The van der Waals surface area contributed by atoms with Gasteiger partial charge in [-0.15, -0.1) is 0 Å². The molecule has 33 heteroatoms. The van der Waals surface area contributed by atoms with Crippen molar-refractivity contribution in [2.45, 2.75) is 185 Å². The third kappa shape index (κ3) is 27.5. The molecule has 10 atom stereocenters. The Kier molecular flexibility index (Phi) is 33.2. The number of carbonyl (C=O) groups excluding carboxylic acids is 14. The second-order valence-corrected chi connectivity index (χ2v) is 29.5. The van der Waals surface area contributed by atoms with E-state index in [1.165, 1.54) is 72.7 Å². The van der Waals surface area contributed by atoms with Gasteiger partial charge in [0.1, 0.15) is 60.4 Å². The van der Waals surface area contributed by atoms with Crippen LogP contribution in [0.3, 0.4) is 0 Å². The second-order valence-electron chi connectivity index (χ2n) is 29.0. The number of rotatable bonds is 40. The van der Waals surface area contributed by atoms with Gasteiger partial charge in [-0.05, 0) is 139 Å². The number of hydrogen-bond acceptors (Lipinski definition) is 17. The van der Waals surface area contributed by atoms with Gasteiger partial charge in [-0.2, -0.15) is 0 Å². The summed E-state index contributed by atoms with van der Waals surface area (Å²) >= 11 is 6.27. The number of fused-ring (bicyclic) bond motifs is 1. The van der Waals surface area contributed by atoms with Crippen LogP contribution in [0, 0.1) is 5.92 Å². The van der Waals surface area contributed by atoms with Crippen LogP contribution >= 0.6 is 11.6 Å². The fourth-order valence-electron chi connectivity index (χ4n) is 13.3. The number of likely N-dealkylation sites (tertiary alicyclic amines) is 1. The summed E-state index contributed by atoms with van der Waals surface area (Å²) in [6, 6.07) is 19.2. The number of aromatic nitrogens is 1. The predicted molar refractivity (Wildman–Crippen MR) is 426 cm³/mol. The van der Waals surface area contributed by atoms with Gasteiger partial charge in [0, 0.05) is 87.0 Å². The van der Waals surface area contributed by atoms with Crippen LogP contribution in [0.1, 0.15) is 114 Å². The Balaban J connectivity index is 1.09. The second kappa shape index (κ2) is 43.2. The van der Waals surface area contributed by atoms with Crippen LogP contribution in [0.2, 0.25) is 5.02 Å². The lowest BCUT2D eigenvalue weighted by molar-refractivity contribution is -0.142. The van der Waals surface area contributed by atoms with Crippen molar-refractivity contribution in [3.05, 3.63) is 173 Å². The molecule has 16 amide bonds. The van der Waals surface area contributed by atoms with Crippen molar-refractivity contribution in [3.8, 4) is 0 Å². The topological polar surface area (TPSA) is 470 Å². The minimum Gasteiger partial charge on any atom is -0.394 e. The highest BCUT2D eigenvalue weighted by molar-refractivity contribution is 6.30. The largest absolute Gasteiger partial charge is 0.394 e.